The maximum atomic E-state index is 5.09. The fourth-order valence-electron chi connectivity index (χ4n) is 1.40. The van der Waals surface area contributed by atoms with Gasteiger partial charge in [0.1, 0.15) is 5.75 Å². The molecular weight excluding hydrogens is 204 g/mol. The molecule has 0 aliphatic heterocycles. The predicted molar refractivity (Wildman–Crippen MR) is 60.7 cm³/mol. The highest BCUT2D eigenvalue weighted by molar-refractivity contribution is 5.35. The molecule has 0 atom stereocenters. The van der Waals surface area contributed by atoms with Crippen LogP contribution in [0.25, 0.3) is 5.69 Å². The molecule has 0 fully saturated rings. The summed E-state index contributed by atoms with van der Waals surface area (Å²) in [6.45, 7) is 0.718. The van der Waals surface area contributed by atoms with Crippen LogP contribution in [0.4, 0.5) is 0 Å². The molecule has 2 aromatic rings. The fraction of sp³-hybridized carbons (Fsp3) is 0.273. The van der Waals surface area contributed by atoms with Crippen LogP contribution >= 0.6 is 0 Å². The van der Waals surface area contributed by atoms with Gasteiger partial charge < -0.3 is 10.1 Å². The fourth-order valence-corrected chi connectivity index (χ4v) is 1.40. The van der Waals surface area contributed by atoms with Gasteiger partial charge in [-0.1, -0.05) is 0 Å². The molecule has 5 nitrogen and oxygen atoms in total. The van der Waals surface area contributed by atoms with Crippen LogP contribution in [0.3, 0.4) is 0 Å². The van der Waals surface area contributed by atoms with E-state index in [1.54, 1.807) is 18.1 Å². The van der Waals surface area contributed by atoms with Crippen molar-refractivity contribution in [1.82, 2.24) is 20.3 Å². The molecule has 84 valence electrons. The number of benzene rings is 1. The Kier molecular flexibility index (Phi) is 3.16. The van der Waals surface area contributed by atoms with Gasteiger partial charge in [0, 0.05) is 6.54 Å². The van der Waals surface area contributed by atoms with Crippen molar-refractivity contribution < 1.29 is 4.74 Å². The van der Waals surface area contributed by atoms with Gasteiger partial charge in [-0.3, -0.25) is 0 Å². The van der Waals surface area contributed by atoms with E-state index in [2.05, 4.69) is 15.5 Å². The maximum Gasteiger partial charge on any atom is 0.119 e. The summed E-state index contributed by atoms with van der Waals surface area (Å²) < 4.78 is 5.09. The molecular formula is C11H14N4O. The molecule has 2 rings (SSSR count). The number of hydrogen-bond acceptors (Lipinski definition) is 4. The molecule has 0 unspecified atom stereocenters. The first-order valence-electron chi connectivity index (χ1n) is 5.03. The molecule has 0 bridgehead atoms. The van der Waals surface area contributed by atoms with Crippen LogP contribution < -0.4 is 10.1 Å². The number of nitrogens with zero attached hydrogens (tertiary/aromatic N) is 3. The molecule has 1 N–H and O–H groups in total. The molecule has 1 aromatic carbocycles. The van der Waals surface area contributed by atoms with E-state index in [-0.39, 0.29) is 0 Å². The van der Waals surface area contributed by atoms with Crippen molar-refractivity contribution in [2.75, 3.05) is 14.2 Å². The van der Waals surface area contributed by atoms with Crippen molar-refractivity contribution in [2.24, 2.45) is 0 Å². The summed E-state index contributed by atoms with van der Waals surface area (Å²) >= 11 is 0. The van der Waals surface area contributed by atoms with Crippen LogP contribution in [0.5, 0.6) is 5.75 Å². The Labute approximate surface area is 94.0 Å². The largest absolute Gasteiger partial charge is 0.497 e. The lowest BCUT2D eigenvalue weighted by molar-refractivity contribution is 0.414. The normalized spacial score (nSPS) is 10.4. The number of methoxy groups -OCH3 is 1. The zero-order valence-electron chi connectivity index (χ0n) is 9.34. The lowest BCUT2D eigenvalue weighted by Crippen LogP contribution is -2.06. The molecule has 0 amide bonds. The zero-order chi connectivity index (χ0) is 11.4. The van der Waals surface area contributed by atoms with Gasteiger partial charge in [0.2, 0.25) is 0 Å². The summed E-state index contributed by atoms with van der Waals surface area (Å²) in [7, 11) is 3.53. The first-order valence-corrected chi connectivity index (χ1v) is 5.03. The van der Waals surface area contributed by atoms with Gasteiger partial charge in [-0.15, -0.1) is 0 Å². The SMILES string of the molecule is CNCc1cnn(-c2ccc(OC)cc2)n1. The number of nitrogens with one attached hydrogen (secondary N) is 1. The quantitative estimate of drug-likeness (QED) is 0.831. The van der Waals surface area contributed by atoms with Crippen molar-refractivity contribution >= 4 is 0 Å². The van der Waals surface area contributed by atoms with E-state index in [1.807, 2.05) is 31.3 Å². The van der Waals surface area contributed by atoms with Gasteiger partial charge in [-0.2, -0.15) is 15.0 Å². The third-order valence-electron chi connectivity index (χ3n) is 2.20. The van der Waals surface area contributed by atoms with Crippen molar-refractivity contribution in [3.63, 3.8) is 0 Å². The number of rotatable bonds is 4. The Morgan fingerprint density at radius 2 is 2.06 bits per heavy atom. The van der Waals surface area contributed by atoms with Crippen molar-refractivity contribution in [1.29, 1.82) is 0 Å². The second-order valence-electron chi connectivity index (χ2n) is 3.35. The summed E-state index contributed by atoms with van der Waals surface area (Å²) in [5, 5.41) is 11.5. The highest BCUT2D eigenvalue weighted by atomic mass is 16.5. The first-order chi connectivity index (χ1) is 7.83. The average Bonchev–Trinajstić information content (AvgIpc) is 2.78. The Morgan fingerprint density at radius 1 is 1.31 bits per heavy atom. The second kappa shape index (κ2) is 4.76. The van der Waals surface area contributed by atoms with E-state index in [0.717, 1.165) is 23.7 Å². The number of hydrogen-bond donors (Lipinski definition) is 1. The van der Waals surface area contributed by atoms with Gasteiger partial charge >= 0.3 is 0 Å². The molecule has 1 heterocycles. The lowest BCUT2D eigenvalue weighted by atomic mass is 10.3. The van der Waals surface area contributed by atoms with Crippen LogP contribution in [-0.4, -0.2) is 29.2 Å². The minimum atomic E-state index is 0.718. The topological polar surface area (TPSA) is 52.0 Å². The third kappa shape index (κ3) is 2.20. The first kappa shape index (κ1) is 10.6. The summed E-state index contributed by atoms with van der Waals surface area (Å²) in [5.41, 5.74) is 1.83. The summed E-state index contributed by atoms with van der Waals surface area (Å²) in [6, 6.07) is 7.61. The highest BCUT2D eigenvalue weighted by Crippen LogP contribution is 2.13. The maximum absolute atomic E-state index is 5.09. The van der Waals surface area contributed by atoms with Gasteiger partial charge in [0.15, 0.2) is 0 Å². The van der Waals surface area contributed by atoms with Gasteiger partial charge in [-0.25, -0.2) is 0 Å². The second-order valence-corrected chi connectivity index (χ2v) is 3.35. The van der Waals surface area contributed by atoms with Crippen LogP contribution in [0.2, 0.25) is 0 Å². The molecule has 0 radical (unpaired) electrons. The Hall–Kier alpha value is -1.88. The monoisotopic (exact) mass is 218 g/mol. The highest BCUT2D eigenvalue weighted by Gasteiger charge is 2.01. The summed E-state index contributed by atoms with van der Waals surface area (Å²) in [6.07, 6.45) is 1.75. The van der Waals surface area contributed by atoms with E-state index >= 15 is 0 Å². The van der Waals surface area contributed by atoms with Crippen LogP contribution in [-0.2, 0) is 6.54 Å². The number of aromatic nitrogens is 3. The smallest absolute Gasteiger partial charge is 0.119 e. The summed E-state index contributed by atoms with van der Waals surface area (Å²) in [4.78, 5) is 1.60. The lowest BCUT2D eigenvalue weighted by Gasteiger charge is -2.01. The molecule has 0 spiro atoms. The van der Waals surface area contributed by atoms with Crippen LogP contribution in [0.15, 0.2) is 30.5 Å². The molecule has 5 heteroatoms. The zero-order valence-corrected chi connectivity index (χ0v) is 9.34. The van der Waals surface area contributed by atoms with E-state index in [0.29, 0.717) is 0 Å². The van der Waals surface area contributed by atoms with Crippen molar-refractivity contribution in [2.45, 2.75) is 6.54 Å². The summed E-state index contributed by atoms with van der Waals surface area (Å²) in [5.74, 6) is 0.825. The average molecular weight is 218 g/mol. The molecule has 0 saturated heterocycles. The van der Waals surface area contributed by atoms with Crippen LogP contribution in [0, 0.1) is 0 Å². The van der Waals surface area contributed by atoms with E-state index in [1.165, 1.54) is 0 Å². The third-order valence-corrected chi connectivity index (χ3v) is 2.20. The van der Waals surface area contributed by atoms with Gasteiger partial charge in [-0.05, 0) is 31.3 Å². The molecule has 1 aromatic heterocycles. The van der Waals surface area contributed by atoms with Gasteiger partial charge in [0.25, 0.3) is 0 Å². The van der Waals surface area contributed by atoms with E-state index in [4.69, 9.17) is 4.74 Å². The van der Waals surface area contributed by atoms with E-state index < -0.39 is 0 Å². The van der Waals surface area contributed by atoms with E-state index in [9.17, 15) is 0 Å². The Bertz CT molecular complexity index is 449. The van der Waals surface area contributed by atoms with Crippen molar-refractivity contribution in [3.05, 3.63) is 36.2 Å². The Balaban J connectivity index is 2.21. The van der Waals surface area contributed by atoms with Gasteiger partial charge in [0.05, 0.1) is 24.7 Å². The Morgan fingerprint density at radius 3 is 2.69 bits per heavy atom. The minimum absolute atomic E-state index is 0.718. The van der Waals surface area contributed by atoms with Crippen molar-refractivity contribution in [3.8, 4) is 11.4 Å². The number of ether oxygens (including phenoxy) is 1. The van der Waals surface area contributed by atoms with Crippen LogP contribution in [0.1, 0.15) is 5.69 Å². The molecule has 16 heavy (non-hydrogen) atoms. The molecule has 0 aliphatic carbocycles. The molecule has 0 aliphatic rings. The predicted octanol–water partition coefficient (Wildman–Crippen LogP) is 0.995. The minimum Gasteiger partial charge on any atom is -0.497 e. The molecule has 0 saturated carbocycles. The standard InChI is InChI=1S/C11H14N4O/c1-12-7-9-8-13-15(14-9)10-3-5-11(16-2)6-4-10/h3-6,8,12H,7H2,1-2H3.